The largest absolute Gasteiger partial charge is 0.462 e. The normalized spacial score (nSPS) is 12.1. The minimum atomic E-state index is -0.773. The molecule has 1 unspecified atom stereocenters. The summed E-state index contributed by atoms with van der Waals surface area (Å²) in [4.78, 5) is 38.1. The molecule has 0 aromatic carbocycles. The number of rotatable bonds is 51. The average molecular weight is 887 g/mol. The molecule has 0 saturated heterocycles. The van der Waals surface area contributed by atoms with Gasteiger partial charge in [-0.1, -0.05) is 238 Å². The molecule has 0 aromatic rings. The van der Waals surface area contributed by atoms with E-state index in [0.29, 0.717) is 19.3 Å². The smallest absolute Gasteiger partial charge is 0.306 e. The van der Waals surface area contributed by atoms with Crippen molar-refractivity contribution >= 4 is 17.9 Å². The highest BCUT2D eigenvalue weighted by atomic mass is 16.6. The zero-order valence-corrected chi connectivity index (χ0v) is 42.4. The number of hydrogen-bond acceptors (Lipinski definition) is 6. The number of unbranched alkanes of at least 4 members (excludes halogenated alkanes) is 36. The Hall–Kier alpha value is -2.11. The molecule has 0 rings (SSSR count). The minimum Gasteiger partial charge on any atom is -0.462 e. The zero-order chi connectivity index (χ0) is 45.8. The third-order valence-electron chi connectivity index (χ3n) is 12.4. The SMILES string of the molecule is CCCCCC/C=C\CCCCCCCC(=O)OCC(COC(=O)CCCCCCC/C=C\CCCCCCCCC)OC(=O)CCCCCCCCCCCCCCCCCC. The molecular formula is C57H106O6. The third-order valence-corrected chi connectivity index (χ3v) is 12.4. The van der Waals surface area contributed by atoms with Crippen molar-refractivity contribution in [1.82, 2.24) is 0 Å². The van der Waals surface area contributed by atoms with E-state index >= 15 is 0 Å². The highest BCUT2D eigenvalue weighted by Crippen LogP contribution is 2.16. The van der Waals surface area contributed by atoms with E-state index in [9.17, 15) is 14.4 Å². The lowest BCUT2D eigenvalue weighted by atomic mass is 10.0. The van der Waals surface area contributed by atoms with Crippen LogP contribution in [-0.2, 0) is 28.6 Å². The maximum absolute atomic E-state index is 12.8. The molecule has 1 atom stereocenters. The summed E-state index contributed by atoms with van der Waals surface area (Å²) < 4.78 is 16.8. The van der Waals surface area contributed by atoms with E-state index in [4.69, 9.17) is 14.2 Å². The second kappa shape index (κ2) is 52.5. The molecule has 0 heterocycles. The van der Waals surface area contributed by atoms with Gasteiger partial charge in [-0.3, -0.25) is 14.4 Å². The van der Waals surface area contributed by atoms with E-state index < -0.39 is 6.10 Å². The highest BCUT2D eigenvalue weighted by Gasteiger charge is 2.19. The Morgan fingerprint density at radius 2 is 0.524 bits per heavy atom. The molecule has 0 fully saturated rings. The van der Waals surface area contributed by atoms with Crippen molar-refractivity contribution in [2.75, 3.05) is 13.2 Å². The van der Waals surface area contributed by atoms with Crippen LogP contribution in [0.3, 0.4) is 0 Å². The Balaban J connectivity index is 4.35. The van der Waals surface area contributed by atoms with Gasteiger partial charge in [0.25, 0.3) is 0 Å². The second-order valence-electron chi connectivity index (χ2n) is 18.8. The van der Waals surface area contributed by atoms with E-state index in [-0.39, 0.29) is 31.1 Å². The molecule has 0 aliphatic heterocycles. The van der Waals surface area contributed by atoms with Crippen LogP contribution in [0.4, 0.5) is 0 Å². The van der Waals surface area contributed by atoms with Gasteiger partial charge < -0.3 is 14.2 Å². The molecule has 6 heteroatoms. The minimum absolute atomic E-state index is 0.0742. The van der Waals surface area contributed by atoms with Crippen LogP contribution >= 0.6 is 0 Å². The molecule has 0 bridgehead atoms. The summed E-state index contributed by atoms with van der Waals surface area (Å²) in [6.07, 6.45) is 60.2. The molecule has 0 spiro atoms. The van der Waals surface area contributed by atoms with Gasteiger partial charge in [0.05, 0.1) is 0 Å². The third kappa shape index (κ3) is 50.7. The van der Waals surface area contributed by atoms with Gasteiger partial charge in [0.2, 0.25) is 0 Å². The molecule has 0 saturated carbocycles. The number of esters is 3. The number of carbonyl (C=O) groups is 3. The fraction of sp³-hybridized carbons (Fsp3) is 0.877. The second-order valence-corrected chi connectivity index (χ2v) is 18.8. The summed E-state index contributed by atoms with van der Waals surface area (Å²) in [6, 6.07) is 0. The van der Waals surface area contributed by atoms with Crippen LogP contribution in [0.1, 0.15) is 303 Å². The van der Waals surface area contributed by atoms with Crippen LogP contribution in [0.25, 0.3) is 0 Å². The van der Waals surface area contributed by atoms with Gasteiger partial charge in [0.15, 0.2) is 6.10 Å². The standard InChI is InChI=1S/C57H106O6/c1-4-7-10-13-16-19-22-25-27-29-32-35-38-41-44-47-50-56(59)62-53-54(52-61-55(58)49-46-43-40-37-34-31-24-21-18-15-12-9-6-3)63-57(60)51-48-45-42-39-36-33-30-28-26-23-20-17-14-11-8-5-2/h21,24,27,29,54H,4-20,22-23,25-26,28,30-53H2,1-3H3/b24-21-,29-27-. The summed E-state index contributed by atoms with van der Waals surface area (Å²) >= 11 is 0. The van der Waals surface area contributed by atoms with Crippen molar-refractivity contribution in [2.45, 2.75) is 309 Å². The number of ether oxygens (including phenoxy) is 3. The predicted molar refractivity (Wildman–Crippen MR) is 270 cm³/mol. The molecule has 63 heavy (non-hydrogen) atoms. The van der Waals surface area contributed by atoms with Crippen molar-refractivity contribution in [2.24, 2.45) is 0 Å². The topological polar surface area (TPSA) is 78.9 Å². The number of allylic oxidation sites excluding steroid dienone is 4. The lowest BCUT2D eigenvalue weighted by molar-refractivity contribution is -0.167. The van der Waals surface area contributed by atoms with E-state index in [0.717, 1.165) is 70.6 Å². The quantitative estimate of drug-likeness (QED) is 0.0262. The van der Waals surface area contributed by atoms with Gasteiger partial charge in [0, 0.05) is 19.3 Å². The monoisotopic (exact) mass is 887 g/mol. The molecule has 0 aromatic heterocycles. The van der Waals surface area contributed by atoms with Crippen molar-refractivity contribution in [3.63, 3.8) is 0 Å². The van der Waals surface area contributed by atoms with Crippen molar-refractivity contribution in [3.05, 3.63) is 24.3 Å². The van der Waals surface area contributed by atoms with Crippen LogP contribution in [0.2, 0.25) is 0 Å². The van der Waals surface area contributed by atoms with Gasteiger partial charge in [-0.05, 0) is 70.6 Å². The van der Waals surface area contributed by atoms with E-state index in [1.807, 2.05) is 0 Å². The van der Waals surface area contributed by atoms with Gasteiger partial charge in [-0.2, -0.15) is 0 Å². The van der Waals surface area contributed by atoms with Crippen molar-refractivity contribution in [3.8, 4) is 0 Å². The van der Waals surface area contributed by atoms with Gasteiger partial charge in [-0.15, -0.1) is 0 Å². The van der Waals surface area contributed by atoms with Crippen LogP contribution in [0.5, 0.6) is 0 Å². The van der Waals surface area contributed by atoms with Crippen LogP contribution < -0.4 is 0 Å². The Morgan fingerprint density at radius 3 is 0.810 bits per heavy atom. The fourth-order valence-electron chi connectivity index (χ4n) is 8.20. The summed E-state index contributed by atoms with van der Waals surface area (Å²) in [5, 5.41) is 0. The molecular weight excluding hydrogens is 781 g/mol. The van der Waals surface area contributed by atoms with E-state index in [1.54, 1.807) is 0 Å². The van der Waals surface area contributed by atoms with Gasteiger partial charge in [-0.25, -0.2) is 0 Å². The highest BCUT2D eigenvalue weighted by molar-refractivity contribution is 5.71. The molecule has 0 radical (unpaired) electrons. The first-order valence-electron chi connectivity index (χ1n) is 27.8. The Bertz CT molecular complexity index is 1020. The van der Waals surface area contributed by atoms with Crippen molar-refractivity contribution in [1.29, 1.82) is 0 Å². The van der Waals surface area contributed by atoms with Crippen molar-refractivity contribution < 1.29 is 28.6 Å². The van der Waals surface area contributed by atoms with E-state index in [1.165, 1.54) is 193 Å². The molecule has 0 amide bonds. The fourth-order valence-corrected chi connectivity index (χ4v) is 8.20. The summed E-state index contributed by atoms with van der Waals surface area (Å²) in [5.41, 5.74) is 0. The Labute approximate surface area is 392 Å². The maximum atomic E-state index is 12.8. The molecule has 370 valence electrons. The van der Waals surface area contributed by atoms with Crippen LogP contribution in [0.15, 0.2) is 24.3 Å². The van der Waals surface area contributed by atoms with Gasteiger partial charge >= 0.3 is 17.9 Å². The average Bonchev–Trinajstić information content (AvgIpc) is 3.28. The summed E-state index contributed by atoms with van der Waals surface area (Å²) in [7, 11) is 0. The predicted octanol–water partition coefficient (Wildman–Crippen LogP) is 18.3. The lowest BCUT2D eigenvalue weighted by Crippen LogP contribution is -2.30. The summed E-state index contributed by atoms with van der Waals surface area (Å²) in [5.74, 6) is -0.873. The lowest BCUT2D eigenvalue weighted by Gasteiger charge is -2.18. The number of hydrogen-bond donors (Lipinski definition) is 0. The summed E-state index contributed by atoms with van der Waals surface area (Å²) in [6.45, 7) is 6.65. The first-order chi connectivity index (χ1) is 31.0. The maximum Gasteiger partial charge on any atom is 0.306 e. The van der Waals surface area contributed by atoms with Gasteiger partial charge in [0.1, 0.15) is 13.2 Å². The van der Waals surface area contributed by atoms with Crippen LogP contribution in [0, 0.1) is 0 Å². The molecule has 0 N–H and O–H groups in total. The number of carbonyl (C=O) groups excluding carboxylic acids is 3. The molecule has 6 nitrogen and oxygen atoms in total. The first kappa shape index (κ1) is 60.9. The Kier molecular flexibility index (Phi) is 50.8. The molecule has 0 aliphatic rings. The zero-order valence-electron chi connectivity index (χ0n) is 42.4. The van der Waals surface area contributed by atoms with E-state index in [2.05, 4.69) is 45.1 Å². The Morgan fingerprint density at radius 1 is 0.302 bits per heavy atom. The molecule has 0 aliphatic carbocycles. The first-order valence-corrected chi connectivity index (χ1v) is 27.8. The van der Waals surface area contributed by atoms with Crippen LogP contribution in [-0.4, -0.2) is 37.2 Å².